The molecule has 1 aliphatic rings. The van der Waals surface area contributed by atoms with Crippen LogP contribution in [0.1, 0.15) is 46.5 Å². The molecule has 0 saturated carbocycles. The van der Waals surface area contributed by atoms with Gasteiger partial charge in [0.25, 0.3) is 0 Å². The summed E-state index contributed by atoms with van der Waals surface area (Å²) in [5.41, 5.74) is 5.00. The molecule has 1 amide bonds. The smallest absolute Gasteiger partial charge is 0.237 e. The van der Waals surface area contributed by atoms with Gasteiger partial charge in [-0.15, -0.1) is 0 Å². The Kier molecular flexibility index (Phi) is 7.63. The number of nitrogens with one attached hydrogen (secondary N) is 1. The highest BCUT2D eigenvalue weighted by Gasteiger charge is 2.34. The number of rotatable bonds is 9. The van der Waals surface area contributed by atoms with E-state index in [1.807, 2.05) is 6.92 Å². The van der Waals surface area contributed by atoms with Gasteiger partial charge < -0.3 is 20.7 Å². The Morgan fingerprint density at radius 3 is 2.57 bits per heavy atom. The van der Waals surface area contributed by atoms with Gasteiger partial charge in [-0.25, -0.2) is 0 Å². The number of methoxy groups -OCH3 is 1. The van der Waals surface area contributed by atoms with Crippen molar-refractivity contribution in [1.82, 2.24) is 10.2 Å². The summed E-state index contributed by atoms with van der Waals surface area (Å²) in [6, 6.07) is 0.357. The van der Waals surface area contributed by atoms with Gasteiger partial charge in [0.2, 0.25) is 5.91 Å². The normalized spacial score (nSPS) is 21.9. The van der Waals surface area contributed by atoms with Gasteiger partial charge >= 0.3 is 0 Å². The van der Waals surface area contributed by atoms with E-state index in [4.69, 9.17) is 10.5 Å². The largest absolute Gasteiger partial charge is 0.384 e. The van der Waals surface area contributed by atoms with Gasteiger partial charge in [0.1, 0.15) is 0 Å². The lowest BCUT2D eigenvalue weighted by Crippen LogP contribution is -2.57. The first-order chi connectivity index (χ1) is 9.92. The maximum absolute atomic E-state index is 11.8. The molecule has 5 heteroatoms. The number of hydrogen-bond acceptors (Lipinski definition) is 4. The van der Waals surface area contributed by atoms with Crippen LogP contribution in [-0.4, -0.2) is 55.7 Å². The summed E-state index contributed by atoms with van der Waals surface area (Å²) in [7, 11) is 1.77. The molecule has 0 bridgehead atoms. The molecule has 0 spiro atoms. The van der Waals surface area contributed by atoms with Crippen molar-refractivity contribution >= 4 is 5.91 Å². The molecule has 0 aromatic heterocycles. The van der Waals surface area contributed by atoms with Crippen LogP contribution in [0, 0.1) is 5.92 Å². The van der Waals surface area contributed by atoms with Gasteiger partial charge in [0.15, 0.2) is 0 Å². The van der Waals surface area contributed by atoms with E-state index in [0.717, 1.165) is 39.1 Å². The van der Waals surface area contributed by atoms with Crippen molar-refractivity contribution in [1.29, 1.82) is 0 Å². The molecule has 0 aliphatic carbocycles. The second-order valence-corrected chi connectivity index (χ2v) is 6.61. The first kappa shape index (κ1) is 18.4. The van der Waals surface area contributed by atoms with Crippen molar-refractivity contribution in [3.05, 3.63) is 0 Å². The zero-order valence-electron chi connectivity index (χ0n) is 14.2. The Morgan fingerprint density at radius 1 is 1.48 bits per heavy atom. The fourth-order valence-electron chi connectivity index (χ4n) is 3.18. The quantitative estimate of drug-likeness (QED) is 0.675. The van der Waals surface area contributed by atoms with Crippen LogP contribution in [0.25, 0.3) is 0 Å². The molecule has 21 heavy (non-hydrogen) atoms. The van der Waals surface area contributed by atoms with Crippen molar-refractivity contribution in [3.8, 4) is 0 Å². The third kappa shape index (κ3) is 5.57. The van der Waals surface area contributed by atoms with E-state index in [-0.39, 0.29) is 5.91 Å². The maximum atomic E-state index is 11.8. The van der Waals surface area contributed by atoms with Gasteiger partial charge in [-0.1, -0.05) is 6.92 Å². The Morgan fingerprint density at radius 2 is 2.10 bits per heavy atom. The van der Waals surface area contributed by atoms with Crippen LogP contribution in [0.2, 0.25) is 0 Å². The predicted octanol–water partition coefficient (Wildman–Crippen LogP) is 1.37. The predicted molar refractivity (Wildman–Crippen MR) is 86.1 cm³/mol. The Bertz CT molecular complexity index is 317. The summed E-state index contributed by atoms with van der Waals surface area (Å²) in [5, 5.41) is 3.32. The molecule has 1 aliphatic heterocycles. The van der Waals surface area contributed by atoms with Gasteiger partial charge in [-0.3, -0.25) is 4.79 Å². The van der Waals surface area contributed by atoms with Crippen molar-refractivity contribution in [2.24, 2.45) is 11.7 Å². The number of amides is 1. The number of carbonyl (C=O) groups excluding carboxylic acids is 1. The number of ether oxygens (including phenoxy) is 1. The summed E-state index contributed by atoms with van der Waals surface area (Å²) < 4.78 is 5.24. The van der Waals surface area contributed by atoms with Crippen LogP contribution in [-0.2, 0) is 9.53 Å². The van der Waals surface area contributed by atoms with Crippen LogP contribution in [0.5, 0.6) is 0 Å². The first-order valence-corrected chi connectivity index (χ1v) is 8.20. The highest BCUT2D eigenvalue weighted by atomic mass is 16.5. The number of piperidine rings is 1. The molecule has 2 unspecified atom stereocenters. The fraction of sp³-hybridized carbons (Fsp3) is 0.938. The molecule has 124 valence electrons. The summed E-state index contributed by atoms with van der Waals surface area (Å²) in [5.74, 6) is 0.427. The minimum atomic E-state index is -0.612. The van der Waals surface area contributed by atoms with Crippen LogP contribution >= 0.6 is 0 Å². The van der Waals surface area contributed by atoms with Crippen LogP contribution < -0.4 is 11.1 Å². The van der Waals surface area contributed by atoms with E-state index >= 15 is 0 Å². The van der Waals surface area contributed by atoms with Gasteiger partial charge in [0, 0.05) is 19.8 Å². The maximum Gasteiger partial charge on any atom is 0.237 e. The van der Waals surface area contributed by atoms with E-state index in [9.17, 15) is 4.79 Å². The van der Waals surface area contributed by atoms with E-state index in [2.05, 4.69) is 24.1 Å². The lowest BCUT2D eigenvalue weighted by atomic mass is 9.89. The molecule has 1 saturated heterocycles. The van der Waals surface area contributed by atoms with Gasteiger partial charge in [-0.2, -0.15) is 0 Å². The van der Waals surface area contributed by atoms with Crippen molar-refractivity contribution < 1.29 is 9.53 Å². The van der Waals surface area contributed by atoms with Crippen molar-refractivity contribution in [2.45, 2.75) is 58.0 Å². The molecule has 0 aromatic carbocycles. The molecule has 1 fully saturated rings. The van der Waals surface area contributed by atoms with E-state index < -0.39 is 5.54 Å². The summed E-state index contributed by atoms with van der Waals surface area (Å²) in [6.07, 6.45) is 4.11. The summed E-state index contributed by atoms with van der Waals surface area (Å²) >= 11 is 0. The van der Waals surface area contributed by atoms with E-state index in [1.54, 1.807) is 7.11 Å². The molecular weight excluding hydrogens is 266 g/mol. The summed E-state index contributed by atoms with van der Waals surface area (Å²) in [4.78, 5) is 14.3. The lowest BCUT2D eigenvalue weighted by Gasteiger charge is -2.39. The molecule has 0 radical (unpaired) electrons. The van der Waals surface area contributed by atoms with Gasteiger partial charge in [0.05, 0.1) is 5.54 Å². The minimum absolute atomic E-state index is 0.253. The minimum Gasteiger partial charge on any atom is -0.384 e. The standard InChI is InChI=1S/C16H33N3O2/c1-5-8-18-16(3,15(17)20)11-13(2)19-9-6-14(7-10-19)12-21-4/h13-14,18H,5-12H2,1-4H3,(H2,17,20). The third-order valence-electron chi connectivity index (χ3n) is 4.69. The zero-order valence-corrected chi connectivity index (χ0v) is 14.2. The van der Waals surface area contributed by atoms with E-state index in [1.165, 1.54) is 12.8 Å². The lowest BCUT2D eigenvalue weighted by molar-refractivity contribution is -0.124. The van der Waals surface area contributed by atoms with Crippen molar-refractivity contribution in [2.75, 3.05) is 33.4 Å². The Labute approximate surface area is 129 Å². The second-order valence-electron chi connectivity index (χ2n) is 6.61. The van der Waals surface area contributed by atoms with Crippen LogP contribution in [0.4, 0.5) is 0 Å². The van der Waals surface area contributed by atoms with E-state index in [0.29, 0.717) is 12.0 Å². The molecule has 1 heterocycles. The average Bonchev–Trinajstić information content (AvgIpc) is 2.46. The zero-order chi connectivity index (χ0) is 15.9. The van der Waals surface area contributed by atoms with Crippen LogP contribution in [0.15, 0.2) is 0 Å². The molecule has 2 atom stereocenters. The van der Waals surface area contributed by atoms with Crippen molar-refractivity contribution in [3.63, 3.8) is 0 Å². The Balaban J connectivity index is 2.50. The number of likely N-dealkylation sites (tertiary alicyclic amines) is 1. The third-order valence-corrected chi connectivity index (χ3v) is 4.69. The first-order valence-electron chi connectivity index (χ1n) is 8.20. The molecule has 0 aromatic rings. The average molecular weight is 299 g/mol. The highest BCUT2D eigenvalue weighted by molar-refractivity contribution is 5.84. The van der Waals surface area contributed by atoms with Gasteiger partial charge in [-0.05, 0) is 65.1 Å². The molecular formula is C16H33N3O2. The topological polar surface area (TPSA) is 67.6 Å². The number of nitrogens with zero attached hydrogens (tertiary/aromatic N) is 1. The van der Waals surface area contributed by atoms with Crippen LogP contribution in [0.3, 0.4) is 0 Å². The number of primary amides is 1. The number of carbonyl (C=O) groups is 1. The monoisotopic (exact) mass is 299 g/mol. The fourth-order valence-corrected chi connectivity index (χ4v) is 3.18. The highest BCUT2D eigenvalue weighted by Crippen LogP contribution is 2.23. The molecule has 1 rings (SSSR count). The number of nitrogens with two attached hydrogens (primary N) is 1. The Hall–Kier alpha value is -0.650. The molecule has 5 nitrogen and oxygen atoms in total. The molecule has 3 N–H and O–H groups in total. The second kappa shape index (κ2) is 8.71. The SMILES string of the molecule is CCCNC(C)(CC(C)N1CCC(COC)CC1)C(N)=O. The number of hydrogen-bond donors (Lipinski definition) is 2. The summed E-state index contributed by atoms with van der Waals surface area (Å²) in [6.45, 7) is 10.1.